The molecule has 1 aromatic carbocycles. The van der Waals surface area contributed by atoms with Crippen LogP contribution in [0.15, 0.2) is 41.4 Å². The van der Waals surface area contributed by atoms with Gasteiger partial charge >= 0.3 is 0 Å². The number of sulfonamides is 1. The number of ether oxygens (including phenoxy) is 1. The Bertz CT molecular complexity index is 745. The van der Waals surface area contributed by atoms with Crippen molar-refractivity contribution in [3.05, 3.63) is 42.1 Å². The average Bonchev–Trinajstić information content (AvgIpc) is 2.47. The molecule has 2 N–H and O–H groups in total. The normalized spacial score (nSPS) is 11.0. The molecule has 0 aliphatic heterocycles. The van der Waals surface area contributed by atoms with Crippen LogP contribution < -0.4 is 14.8 Å². The quantitative estimate of drug-likeness (QED) is 0.885. The number of rotatable bonds is 5. The summed E-state index contributed by atoms with van der Waals surface area (Å²) in [5.41, 5.74) is 1.33. The van der Waals surface area contributed by atoms with Crippen molar-refractivity contribution in [1.29, 1.82) is 0 Å². The summed E-state index contributed by atoms with van der Waals surface area (Å²) in [6.07, 6.45) is 1.44. The van der Waals surface area contributed by atoms with Crippen LogP contribution in [0.4, 0.5) is 11.5 Å². The predicted molar refractivity (Wildman–Crippen MR) is 82.3 cm³/mol. The van der Waals surface area contributed by atoms with Crippen LogP contribution >= 0.6 is 0 Å². The molecule has 0 bridgehead atoms. The lowest BCUT2D eigenvalue weighted by atomic mass is 10.2. The van der Waals surface area contributed by atoms with Crippen molar-refractivity contribution in [3.63, 3.8) is 0 Å². The van der Waals surface area contributed by atoms with Crippen LogP contribution in [0.2, 0.25) is 0 Å². The van der Waals surface area contributed by atoms with Crippen molar-refractivity contribution in [2.24, 2.45) is 0 Å². The maximum atomic E-state index is 12.4. The van der Waals surface area contributed by atoms with E-state index in [4.69, 9.17) is 4.74 Å². The fourth-order valence-electron chi connectivity index (χ4n) is 1.82. The number of benzene rings is 1. The van der Waals surface area contributed by atoms with Crippen molar-refractivity contribution >= 4 is 21.5 Å². The standard InChI is InChI=1S/C14H17N3O3S/c1-10-4-5-13(20-3)12(8-10)17-21(18,19)11-6-7-16-14(9-11)15-2/h4-9,17H,1-3H3,(H,15,16). The van der Waals surface area contributed by atoms with Crippen molar-refractivity contribution in [1.82, 2.24) is 4.98 Å². The molecule has 0 radical (unpaired) electrons. The molecule has 6 nitrogen and oxygen atoms in total. The molecule has 0 aliphatic carbocycles. The van der Waals surface area contributed by atoms with E-state index in [1.807, 2.05) is 13.0 Å². The van der Waals surface area contributed by atoms with Gasteiger partial charge in [0.2, 0.25) is 0 Å². The van der Waals surface area contributed by atoms with Crippen molar-refractivity contribution in [3.8, 4) is 5.75 Å². The summed E-state index contributed by atoms with van der Waals surface area (Å²) in [5, 5.41) is 2.81. The highest BCUT2D eigenvalue weighted by Crippen LogP contribution is 2.28. The van der Waals surface area contributed by atoms with Crippen LogP contribution in [-0.2, 0) is 10.0 Å². The third-order valence-corrected chi connectivity index (χ3v) is 4.26. The van der Waals surface area contributed by atoms with Gasteiger partial charge in [0.25, 0.3) is 10.0 Å². The molecular weight excluding hydrogens is 290 g/mol. The molecule has 1 aromatic heterocycles. The Kier molecular flexibility index (Phi) is 4.32. The Morgan fingerprint density at radius 1 is 1.19 bits per heavy atom. The van der Waals surface area contributed by atoms with E-state index in [-0.39, 0.29) is 4.90 Å². The number of hydrogen-bond donors (Lipinski definition) is 2. The number of methoxy groups -OCH3 is 1. The van der Waals surface area contributed by atoms with Crippen LogP contribution in [0.25, 0.3) is 0 Å². The number of nitrogens with zero attached hydrogens (tertiary/aromatic N) is 1. The SMILES string of the molecule is CNc1cc(S(=O)(=O)Nc2cc(C)ccc2OC)ccn1. The first-order valence-corrected chi connectivity index (χ1v) is 7.76. The summed E-state index contributed by atoms with van der Waals surface area (Å²) in [6, 6.07) is 8.19. The third-order valence-electron chi connectivity index (χ3n) is 2.90. The number of anilines is 2. The van der Waals surface area contributed by atoms with Crippen LogP contribution in [0, 0.1) is 6.92 Å². The monoisotopic (exact) mass is 307 g/mol. The van der Waals surface area contributed by atoms with E-state index in [1.165, 1.54) is 25.4 Å². The van der Waals surface area contributed by atoms with Gasteiger partial charge in [0.1, 0.15) is 11.6 Å². The minimum absolute atomic E-state index is 0.130. The zero-order valence-electron chi connectivity index (χ0n) is 12.0. The Morgan fingerprint density at radius 3 is 2.62 bits per heavy atom. The second kappa shape index (κ2) is 6.01. The highest BCUT2D eigenvalue weighted by Gasteiger charge is 2.17. The number of aromatic nitrogens is 1. The van der Waals surface area contributed by atoms with Crippen LogP contribution in [-0.4, -0.2) is 27.6 Å². The summed E-state index contributed by atoms with van der Waals surface area (Å²) >= 11 is 0. The summed E-state index contributed by atoms with van der Waals surface area (Å²) in [6.45, 7) is 1.88. The fourth-order valence-corrected chi connectivity index (χ4v) is 2.89. The molecular formula is C14H17N3O3S. The van der Waals surface area contributed by atoms with Gasteiger partial charge in [0, 0.05) is 19.3 Å². The largest absolute Gasteiger partial charge is 0.495 e. The smallest absolute Gasteiger partial charge is 0.262 e. The zero-order valence-corrected chi connectivity index (χ0v) is 12.9. The minimum Gasteiger partial charge on any atom is -0.495 e. The molecule has 0 saturated heterocycles. The molecule has 2 aromatic rings. The number of pyridine rings is 1. The lowest BCUT2D eigenvalue weighted by Crippen LogP contribution is -2.14. The van der Waals surface area contributed by atoms with Gasteiger partial charge in [-0.15, -0.1) is 0 Å². The van der Waals surface area contributed by atoms with E-state index in [9.17, 15) is 8.42 Å². The van der Waals surface area contributed by atoms with E-state index in [0.717, 1.165) is 5.56 Å². The molecule has 21 heavy (non-hydrogen) atoms. The first-order valence-electron chi connectivity index (χ1n) is 6.27. The minimum atomic E-state index is -3.71. The van der Waals surface area contributed by atoms with Crippen molar-refractivity contribution in [2.45, 2.75) is 11.8 Å². The summed E-state index contributed by atoms with van der Waals surface area (Å²) in [4.78, 5) is 4.13. The molecule has 0 unspecified atom stereocenters. The summed E-state index contributed by atoms with van der Waals surface area (Å²) in [7, 11) is -0.535. The molecule has 0 saturated carbocycles. The molecule has 0 fully saturated rings. The van der Waals surface area contributed by atoms with Crippen LogP contribution in [0.3, 0.4) is 0 Å². The molecule has 7 heteroatoms. The molecule has 0 atom stereocenters. The van der Waals surface area contributed by atoms with Gasteiger partial charge in [-0.2, -0.15) is 0 Å². The number of hydrogen-bond acceptors (Lipinski definition) is 5. The van der Waals surface area contributed by atoms with Gasteiger partial charge < -0.3 is 10.1 Å². The molecule has 0 aliphatic rings. The van der Waals surface area contributed by atoms with Gasteiger partial charge in [-0.05, 0) is 30.7 Å². The van der Waals surface area contributed by atoms with Crippen molar-refractivity contribution < 1.29 is 13.2 Å². The molecule has 0 amide bonds. The summed E-state index contributed by atoms with van der Waals surface area (Å²) < 4.78 is 32.6. The van der Waals surface area contributed by atoms with E-state index in [2.05, 4.69) is 15.0 Å². The van der Waals surface area contributed by atoms with Gasteiger partial charge in [-0.1, -0.05) is 6.07 Å². The highest BCUT2D eigenvalue weighted by molar-refractivity contribution is 7.92. The average molecular weight is 307 g/mol. The highest BCUT2D eigenvalue weighted by atomic mass is 32.2. The topological polar surface area (TPSA) is 80.3 Å². The van der Waals surface area contributed by atoms with Gasteiger partial charge in [0.05, 0.1) is 17.7 Å². The van der Waals surface area contributed by atoms with Gasteiger partial charge in [-0.25, -0.2) is 13.4 Å². The zero-order chi connectivity index (χ0) is 15.5. The number of aryl methyl sites for hydroxylation is 1. The van der Waals surface area contributed by atoms with Crippen LogP contribution in [0.1, 0.15) is 5.56 Å². The number of nitrogens with one attached hydrogen (secondary N) is 2. The second-order valence-electron chi connectivity index (χ2n) is 4.44. The molecule has 112 valence electrons. The fraction of sp³-hybridized carbons (Fsp3) is 0.214. The van der Waals surface area contributed by atoms with Crippen LogP contribution in [0.5, 0.6) is 5.75 Å². The predicted octanol–water partition coefficient (Wildman–Crippen LogP) is 2.24. The third kappa shape index (κ3) is 3.43. The Labute approximate surface area is 124 Å². The first kappa shape index (κ1) is 15.1. The van der Waals surface area contributed by atoms with E-state index < -0.39 is 10.0 Å². The lowest BCUT2D eigenvalue weighted by molar-refractivity contribution is 0.417. The maximum absolute atomic E-state index is 12.4. The van der Waals surface area contributed by atoms with E-state index in [0.29, 0.717) is 17.3 Å². The van der Waals surface area contributed by atoms with E-state index in [1.54, 1.807) is 19.2 Å². The molecule has 1 heterocycles. The summed E-state index contributed by atoms with van der Waals surface area (Å²) in [5.74, 6) is 0.946. The lowest BCUT2D eigenvalue weighted by Gasteiger charge is -2.13. The second-order valence-corrected chi connectivity index (χ2v) is 6.12. The maximum Gasteiger partial charge on any atom is 0.262 e. The van der Waals surface area contributed by atoms with Gasteiger partial charge in [-0.3, -0.25) is 4.72 Å². The Balaban J connectivity index is 2.39. The van der Waals surface area contributed by atoms with E-state index >= 15 is 0 Å². The molecule has 0 spiro atoms. The van der Waals surface area contributed by atoms with Crippen molar-refractivity contribution in [2.75, 3.05) is 24.2 Å². The Morgan fingerprint density at radius 2 is 1.95 bits per heavy atom. The Hall–Kier alpha value is -2.28. The van der Waals surface area contributed by atoms with Gasteiger partial charge in [0.15, 0.2) is 0 Å². The first-order chi connectivity index (χ1) is 9.96. The molecule has 2 rings (SSSR count).